The second-order valence-corrected chi connectivity index (χ2v) is 4.56. The van der Waals surface area contributed by atoms with Gasteiger partial charge in [-0.2, -0.15) is 0 Å². The molecule has 94 valence electrons. The zero-order valence-electron chi connectivity index (χ0n) is 9.40. The Balaban J connectivity index is 2.08. The summed E-state index contributed by atoms with van der Waals surface area (Å²) in [5.41, 5.74) is -0.508. The first-order valence-corrected chi connectivity index (χ1v) is 5.78. The molecule has 0 bridgehead atoms. The van der Waals surface area contributed by atoms with Crippen LogP contribution in [0.15, 0.2) is 24.3 Å². The van der Waals surface area contributed by atoms with Crippen LogP contribution in [0, 0.1) is 0 Å². The Kier molecular flexibility index (Phi) is 3.34. The van der Waals surface area contributed by atoms with E-state index < -0.39 is 17.5 Å². The summed E-state index contributed by atoms with van der Waals surface area (Å²) in [6, 6.07) is 6.46. The van der Waals surface area contributed by atoms with E-state index in [0.717, 1.165) is 5.56 Å². The van der Waals surface area contributed by atoms with E-state index in [2.05, 4.69) is 10.6 Å². The quantitative estimate of drug-likeness (QED) is 0.486. The van der Waals surface area contributed by atoms with Gasteiger partial charge in [0.15, 0.2) is 11.8 Å². The van der Waals surface area contributed by atoms with Crippen molar-refractivity contribution < 1.29 is 14.4 Å². The molecule has 1 saturated heterocycles. The van der Waals surface area contributed by atoms with Crippen molar-refractivity contribution in [1.29, 1.82) is 0 Å². The second-order valence-electron chi connectivity index (χ2n) is 4.12. The zero-order valence-corrected chi connectivity index (χ0v) is 10.2. The fraction of sp³-hybridized carbons (Fsp3) is 0.250. The van der Waals surface area contributed by atoms with Crippen LogP contribution in [0.4, 0.5) is 4.79 Å². The van der Waals surface area contributed by atoms with Gasteiger partial charge in [0.05, 0.1) is 0 Å². The van der Waals surface area contributed by atoms with Crippen LogP contribution in [0.3, 0.4) is 0 Å². The number of nitrogens with one attached hydrogen (secondary N) is 2. The van der Waals surface area contributed by atoms with E-state index in [4.69, 9.17) is 11.6 Å². The third-order valence-corrected chi connectivity index (χ3v) is 3.14. The molecule has 2 rings (SSSR count). The van der Waals surface area contributed by atoms with Crippen LogP contribution in [0.2, 0.25) is 5.02 Å². The summed E-state index contributed by atoms with van der Waals surface area (Å²) < 4.78 is 0. The lowest BCUT2D eigenvalue weighted by molar-refractivity contribution is -0.129. The van der Waals surface area contributed by atoms with E-state index in [1.165, 1.54) is 0 Å². The van der Waals surface area contributed by atoms with Crippen LogP contribution in [0.25, 0.3) is 0 Å². The number of imide groups is 1. The summed E-state index contributed by atoms with van der Waals surface area (Å²) in [4.78, 5) is 33.7. The van der Waals surface area contributed by atoms with Gasteiger partial charge >= 0.3 is 6.03 Å². The molecule has 0 spiro atoms. The average Bonchev–Trinajstić information content (AvgIpc) is 2.64. The van der Waals surface area contributed by atoms with Crippen LogP contribution in [0.1, 0.15) is 12.0 Å². The smallest absolute Gasteiger partial charge is 0.317 e. The number of benzene rings is 1. The minimum Gasteiger partial charge on any atom is -0.317 e. The summed E-state index contributed by atoms with van der Waals surface area (Å²) in [5, 5.41) is 5.04. The number of urea groups is 1. The molecule has 2 N–H and O–H groups in total. The lowest BCUT2D eigenvalue weighted by Crippen LogP contribution is -2.48. The number of aldehydes is 1. The molecule has 5 nitrogen and oxygen atoms in total. The van der Waals surface area contributed by atoms with Crippen molar-refractivity contribution in [3.63, 3.8) is 0 Å². The number of amides is 3. The van der Waals surface area contributed by atoms with Crippen molar-refractivity contribution >= 4 is 29.8 Å². The van der Waals surface area contributed by atoms with Gasteiger partial charge in [-0.1, -0.05) is 23.7 Å². The maximum absolute atomic E-state index is 11.6. The minimum absolute atomic E-state index is 0.218. The van der Waals surface area contributed by atoms with Crippen molar-refractivity contribution in [2.45, 2.75) is 18.4 Å². The molecule has 1 aliphatic heterocycles. The van der Waals surface area contributed by atoms with Crippen molar-refractivity contribution in [3.8, 4) is 0 Å². The van der Waals surface area contributed by atoms with Gasteiger partial charge in [0, 0.05) is 5.02 Å². The summed E-state index contributed by atoms with van der Waals surface area (Å²) in [6.07, 6.45) is 1.18. The van der Waals surface area contributed by atoms with E-state index in [0.29, 0.717) is 17.7 Å². The molecular weight excluding hydrogens is 256 g/mol. The van der Waals surface area contributed by atoms with Crippen molar-refractivity contribution in [2.75, 3.05) is 0 Å². The first kappa shape index (κ1) is 12.6. The Morgan fingerprint density at radius 3 is 2.39 bits per heavy atom. The number of carbonyl (C=O) groups excluding carboxylic acids is 3. The van der Waals surface area contributed by atoms with Crippen molar-refractivity contribution in [1.82, 2.24) is 10.6 Å². The van der Waals surface area contributed by atoms with Crippen LogP contribution in [0.5, 0.6) is 0 Å². The van der Waals surface area contributed by atoms with E-state index >= 15 is 0 Å². The molecule has 1 aromatic rings. The number of hydrogen-bond donors (Lipinski definition) is 2. The highest BCUT2D eigenvalue weighted by Gasteiger charge is 2.45. The molecule has 1 atom stereocenters. The summed E-state index contributed by atoms with van der Waals surface area (Å²) in [7, 11) is 0. The van der Waals surface area contributed by atoms with Gasteiger partial charge < -0.3 is 10.1 Å². The predicted molar refractivity (Wildman–Crippen MR) is 65.2 cm³/mol. The number of halogens is 1. The molecule has 1 aliphatic rings. The van der Waals surface area contributed by atoms with E-state index in [1.54, 1.807) is 12.1 Å². The molecule has 1 heterocycles. The Morgan fingerprint density at radius 2 is 1.89 bits per heavy atom. The first-order chi connectivity index (χ1) is 8.55. The standard InChI is InChI=1S/C12H11ClN2O3/c13-9-3-1-8(2-4-9)5-6-12(7-16)10(17)14-11(18)15-12/h1-4,7H,5-6H2,(H2,14,15,17,18)/t12-/m0/s1. The SMILES string of the molecule is O=C[C@]1(CCc2ccc(Cl)cc2)NC(=O)NC1=O. The Morgan fingerprint density at radius 1 is 1.22 bits per heavy atom. The molecule has 0 aromatic heterocycles. The summed E-state index contributed by atoms with van der Waals surface area (Å²) in [5.74, 6) is -0.600. The molecule has 3 amide bonds. The van der Waals surface area contributed by atoms with Crippen molar-refractivity contribution in [2.24, 2.45) is 0 Å². The van der Waals surface area contributed by atoms with Crippen LogP contribution in [-0.4, -0.2) is 23.8 Å². The van der Waals surface area contributed by atoms with Gasteiger partial charge in [-0.3, -0.25) is 10.1 Å². The van der Waals surface area contributed by atoms with Gasteiger partial charge in [-0.15, -0.1) is 0 Å². The molecule has 1 aromatic carbocycles. The lowest BCUT2D eigenvalue weighted by atomic mass is 9.93. The van der Waals surface area contributed by atoms with Gasteiger partial charge in [0.2, 0.25) is 0 Å². The summed E-state index contributed by atoms with van der Waals surface area (Å²) >= 11 is 5.76. The maximum Gasteiger partial charge on any atom is 0.322 e. The van der Waals surface area contributed by atoms with Crippen LogP contribution >= 0.6 is 11.6 Å². The van der Waals surface area contributed by atoms with Gasteiger partial charge in [0.1, 0.15) is 0 Å². The molecule has 0 radical (unpaired) electrons. The van der Waals surface area contributed by atoms with Crippen molar-refractivity contribution in [3.05, 3.63) is 34.9 Å². The first-order valence-electron chi connectivity index (χ1n) is 5.40. The fourth-order valence-electron chi connectivity index (χ4n) is 1.82. The Hall–Kier alpha value is -1.88. The molecule has 0 aliphatic carbocycles. The van der Waals surface area contributed by atoms with E-state index in [9.17, 15) is 14.4 Å². The van der Waals surface area contributed by atoms with Crippen LogP contribution < -0.4 is 10.6 Å². The van der Waals surface area contributed by atoms with Gasteiger partial charge in [-0.25, -0.2) is 4.79 Å². The Labute approximate surface area is 109 Å². The highest BCUT2D eigenvalue weighted by molar-refractivity contribution is 6.30. The molecule has 18 heavy (non-hydrogen) atoms. The monoisotopic (exact) mass is 266 g/mol. The summed E-state index contributed by atoms with van der Waals surface area (Å²) in [6.45, 7) is 0. The molecular formula is C12H11ClN2O3. The number of hydrogen-bond acceptors (Lipinski definition) is 3. The molecule has 6 heteroatoms. The highest BCUT2D eigenvalue weighted by Crippen LogP contribution is 2.18. The normalized spacial score (nSPS) is 22.5. The van der Waals surface area contributed by atoms with E-state index in [1.807, 2.05) is 12.1 Å². The molecule has 0 saturated carbocycles. The van der Waals surface area contributed by atoms with E-state index in [-0.39, 0.29) is 6.42 Å². The number of aryl methyl sites for hydroxylation is 1. The third-order valence-electron chi connectivity index (χ3n) is 2.89. The Bertz CT molecular complexity index is 501. The number of rotatable bonds is 4. The largest absolute Gasteiger partial charge is 0.322 e. The van der Waals surface area contributed by atoms with Gasteiger partial charge in [-0.05, 0) is 30.5 Å². The molecule has 0 unspecified atom stereocenters. The maximum atomic E-state index is 11.6. The predicted octanol–water partition coefficient (Wildman–Crippen LogP) is 1.05. The second kappa shape index (κ2) is 4.78. The minimum atomic E-state index is -1.45. The number of carbonyl (C=O) groups is 3. The fourth-order valence-corrected chi connectivity index (χ4v) is 1.94. The van der Waals surface area contributed by atoms with Gasteiger partial charge in [0.25, 0.3) is 5.91 Å². The van der Waals surface area contributed by atoms with Crippen LogP contribution in [-0.2, 0) is 16.0 Å². The molecule has 1 fully saturated rings. The average molecular weight is 267 g/mol. The zero-order chi connectivity index (χ0) is 13.2. The third kappa shape index (κ3) is 2.36. The highest BCUT2D eigenvalue weighted by atomic mass is 35.5. The lowest BCUT2D eigenvalue weighted by Gasteiger charge is -2.18. The topological polar surface area (TPSA) is 75.3 Å².